The number of pyridine rings is 1. The van der Waals surface area contributed by atoms with E-state index < -0.39 is 10.0 Å². The van der Waals surface area contributed by atoms with E-state index in [-0.39, 0.29) is 22.6 Å². The predicted molar refractivity (Wildman–Crippen MR) is 61.5 cm³/mol. The minimum Gasteiger partial charge on any atom is -0.267 e. The summed E-state index contributed by atoms with van der Waals surface area (Å²) in [5.41, 5.74) is 0. The molecule has 1 aromatic heterocycles. The first-order valence-electron chi connectivity index (χ1n) is 4.52. The van der Waals surface area contributed by atoms with Gasteiger partial charge in [0, 0.05) is 0 Å². The largest absolute Gasteiger partial charge is 0.267 e. The monoisotopic (exact) mass is 248 g/mol. The highest BCUT2D eigenvalue weighted by Crippen LogP contribution is 2.11. The molecule has 0 aromatic carbocycles. The van der Waals surface area contributed by atoms with E-state index in [0.717, 1.165) is 0 Å². The molecule has 0 unspecified atom stereocenters. The van der Waals surface area contributed by atoms with Crippen molar-refractivity contribution in [3.8, 4) is 0 Å². The van der Waals surface area contributed by atoms with Crippen molar-refractivity contribution in [1.82, 2.24) is 4.98 Å². The van der Waals surface area contributed by atoms with Crippen LogP contribution in [0.4, 0.5) is 5.82 Å². The second kappa shape index (κ2) is 4.81. The van der Waals surface area contributed by atoms with Gasteiger partial charge in [-0.3, -0.25) is 4.72 Å². The van der Waals surface area contributed by atoms with Crippen molar-refractivity contribution < 1.29 is 8.42 Å². The first-order valence-corrected chi connectivity index (χ1v) is 6.55. The summed E-state index contributed by atoms with van der Waals surface area (Å²) in [6, 6.07) is 4.79. The zero-order valence-corrected chi connectivity index (χ0v) is 10.1. The molecule has 84 valence electrons. The number of halogens is 1. The van der Waals surface area contributed by atoms with Crippen LogP contribution in [0.3, 0.4) is 0 Å². The highest BCUT2D eigenvalue weighted by molar-refractivity contribution is 7.92. The molecule has 0 aliphatic carbocycles. The molecule has 15 heavy (non-hydrogen) atoms. The van der Waals surface area contributed by atoms with Gasteiger partial charge in [0.15, 0.2) is 0 Å². The third-order valence-corrected chi connectivity index (χ3v) is 3.36. The van der Waals surface area contributed by atoms with Crippen LogP contribution in [0, 0.1) is 5.92 Å². The highest BCUT2D eigenvalue weighted by Gasteiger charge is 2.13. The molecule has 1 aromatic rings. The molecule has 0 fully saturated rings. The van der Waals surface area contributed by atoms with Gasteiger partial charge in [0.25, 0.3) is 0 Å². The smallest absolute Gasteiger partial charge is 0.234 e. The van der Waals surface area contributed by atoms with Gasteiger partial charge >= 0.3 is 0 Å². The number of sulfonamides is 1. The van der Waals surface area contributed by atoms with E-state index in [0.29, 0.717) is 0 Å². The molecule has 0 saturated carbocycles. The third kappa shape index (κ3) is 4.48. The van der Waals surface area contributed by atoms with Gasteiger partial charge in [-0.05, 0) is 18.1 Å². The molecule has 1 N–H and O–H groups in total. The summed E-state index contributed by atoms with van der Waals surface area (Å²) in [6.07, 6.45) is 0. The Balaban J connectivity index is 2.78. The predicted octanol–water partition coefficient (Wildman–Crippen LogP) is 2.13. The highest BCUT2D eigenvalue weighted by atomic mass is 35.5. The Morgan fingerprint density at radius 1 is 1.47 bits per heavy atom. The lowest BCUT2D eigenvalue weighted by Gasteiger charge is -2.08. The molecular formula is C9H13ClN2O2S. The molecule has 0 amide bonds. The fraction of sp³-hybridized carbons (Fsp3) is 0.444. The number of rotatable bonds is 4. The van der Waals surface area contributed by atoms with Gasteiger partial charge in [-0.1, -0.05) is 31.5 Å². The van der Waals surface area contributed by atoms with E-state index in [4.69, 9.17) is 11.6 Å². The zero-order chi connectivity index (χ0) is 11.5. The van der Waals surface area contributed by atoms with E-state index in [9.17, 15) is 8.42 Å². The van der Waals surface area contributed by atoms with Crippen LogP contribution in [-0.2, 0) is 10.0 Å². The summed E-state index contributed by atoms with van der Waals surface area (Å²) in [5.74, 6) is 0.395. The molecule has 0 aliphatic heterocycles. The van der Waals surface area contributed by atoms with Crippen LogP contribution in [0.5, 0.6) is 0 Å². The fourth-order valence-corrected chi connectivity index (χ4v) is 2.66. The topological polar surface area (TPSA) is 59.1 Å². The van der Waals surface area contributed by atoms with E-state index in [1.54, 1.807) is 18.2 Å². The maximum Gasteiger partial charge on any atom is 0.234 e. The van der Waals surface area contributed by atoms with Crippen LogP contribution in [0.25, 0.3) is 0 Å². The van der Waals surface area contributed by atoms with Crippen molar-refractivity contribution in [3.63, 3.8) is 0 Å². The molecule has 0 spiro atoms. The van der Waals surface area contributed by atoms with Crippen LogP contribution >= 0.6 is 11.6 Å². The number of anilines is 1. The molecule has 1 heterocycles. The summed E-state index contributed by atoms with van der Waals surface area (Å²) < 4.78 is 25.4. The molecule has 0 saturated heterocycles. The first-order chi connectivity index (χ1) is 6.89. The van der Waals surface area contributed by atoms with Crippen LogP contribution in [0.2, 0.25) is 5.15 Å². The van der Waals surface area contributed by atoms with E-state index in [2.05, 4.69) is 9.71 Å². The van der Waals surface area contributed by atoms with Crippen molar-refractivity contribution in [2.75, 3.05) is 10.5 Å². The molecular weight excluding hydrogens is 236 g/mol. The zero-order valence-electron chi connectivity index (χ0n) is 8.57. The van der Waals surface area contributed by atoms with Crippen molar-refractivity contribution in [3.05, 3.63) is 23.4 Å². The van der Waals surface area contributed by atoms with Gasteiger partial charge in [-0.15, -0.1) is 0 Å². The molecule has 0 atom stereocenters. The van der Waals surface area contributed by atoms with Crippen molar-refractivity contribution in [2.45, 2.75) is 13.8 Å². The van der Waals surface area contributed by atoms with Gasteiger partial charge in [0.1, 0.15) is 11.0 Å². The van der Waals surface area contributed by atoms with E-state index >= 15 is 0 Å². The molecule has 4 nitrogen and oxygen atoms in total. The normalized spacial score (nSPS) is 11.7. The Bertz CT molecular complexity index is 431. The first kappa shape index (κ1) is 12.3. The molecule has 0 aliphatic rings. The average molecular weight is 249 g/mol. The Hall–Kier alpha value is -0.810. The average Bonchev–Trinajstić information content (AvgIpc) is 1.99. The van der Waals surface area contributed by atoms with Gasteiger partial charge in [-0.25, -0.2) is 13.4 Å². The Labute approximate surface area is 94.7 Å². The van der Waals surface area contributed by atoms with Crippen LogP contribution in [0.1, 0.15) is 13.8 Å². The number of hydrogen-bond donors (Lipinski definition) is 1. The van der Waals surface area contributed by atoms with Gasteiger partial charge in [0.2, 0.25) is 10.0 Å². The summed E-state index contributed by atoms with van der Waals surface area (Å²) in [5, 5.41) is 0.264. The minimum atomic E-state index is -3.32. The van der Waals surface area contributed by atoms with Crippen LogP contribution in [-0.4, -0.2) is 19.2 Å². The SMILES string of the molecule is CC(C)CS(=O)(=O)Nc1cccc(Cl)n1. The van der Waals surface area contributed by atoms with Crippen molar-refractivity contribution in [1.29, 1.82) is 0 Å². The second-order valence-corrected chi connectivity index (χ2v) is 5.78. The lowest BCUT2D eigenvalue weighted by atomic mass is 10.3. The van der Waals surface area contributed by atoms with Crippen molar-refractivity contribution >= 4 is 27.4 Å². The Morgan fingerprint density at radius 3 is 2.67 bits per heavy atom. The van der Waals surface area contributed by atoms with Gasteiger partial charge in [-0.2, -0.15) is 0 Å². The molecule has 6 heteroatoms. The fourth-order valence-electron chi connectivity index (χ4n) is 1.10. The number of aromatic nitrogens is 1. The van der Waals surface area contributed by atoms with Crippen LogP contribution < -0.4 is 4.72 Å². The number of nitrogens with zero attached hydrogens (tertiary/aromatic N) is 1. The Kier molecular flexibility index (Phi) is 3.93. The number of nitrogens with one attached hydrogen (secondary N) is 1. The maximum atomic E-state index is 11.5. The lowest BCUT2D eigenvalue weighted by Crippen LogP contribution is -2.20. The molecule has 0 bridgehead atoms. The van der Waals surface area contributed by atoms with E-state index in [1.165, 1.54) is 0 Å². The molecule has 0 radical (unpaired) electrons. The third-order valence-electron chi connectivity index (χ3n) is 1.53. The van der Waals surface area contributed by atoms with Crippen molar-refractivity contribution in [2.24, 2.45) is 5.92 Å². The van der Waals surface area contributed by atoms with Gasteiger partial charge < -0.3 is 0 Å². The standard InChI is InChI=1S/C9H13ClN2O2S/c1-7(2)6-15(13,14)12-9-5-3-4-8(10)11-9/h3-5,7H,6H2,1-2H3,(H,11,12). The number of hydrogen-bond acceptors (Lipinski definition) is 3. The maximum absolute atomic E-state index is 11.5. The molecule has 1 rings (SSSR count). The minimum absolute atomic E-state index is 0.0706. The lowest BCUT2D eigenvalue weighted by molar-refractivity contribution is 0.587. The quantitative estimate of drug-likeness (QED) is 0.831. The summed E-state index contributed by atoms with van der Waals surface area (Å²) in [6.45, 7) is 3.68. The summed E-state index contributed by atoms with van der Waals surface area (Å²) in [4.78, 5) is 3.84. The summed E-state index contributed by atoms with van der Waals surface area (Å²) in [7, 11) is -3.32. The second-order valence-electron chi connectivity index (χ2n) is 3.62. The van der Waals surface area contributed by atoms with Gasteiger partial charge in [0.05, 0.1) is 5.75 Å². The van der Waals surface area contributed by atoms with Crippen LogP contribution in [0.15, 0.2) is 18.2 Å². The van der Waals surface area contributed by atoms with E-state index in [1.807, 2.05) is 13.8 Å². The summed E-state index contributed by atoms with van der Waals surface area (Å²) >= 11 is 5.63. The Morgan fingerprint density at radius 2 is 2.13 bits per heavy atom.